The Balaban J connectivity index is 2.22. The highest BCUT2D eigenvalue weighted by atomic mass is 14.5. The van der Waals surface area contributed by atoms with Gasteiger partial charge in [-0.1, -0.05) is 66.7 Å². The van der Waals surface area contributed by atoms with Gasteiger partial charge in [0.15, 0.2) is 0 Å². The van der Waals surface area contributed by atoms with Crippen LogP contribution in [0.3, 0.4) is 0 Å². The van der Waals surface area contributed by atoms with Crippen molar-refractivity contribution >= 4 is 0 Å². The van der Waals surface area contributed by atoms with Crippen LogP contribution in [0, 0.1) is 29.6 Å². The average Bonchev–Trinajstić information content (AvgIpc) is 2.90. The molecule has 0 radical (unpaired) electrons. The summed E-state index contributed by atoms with van der Waals surface area (Å²) in [6, 6.07) is 0. The Morgan fingerprint density at radius 2 is 1.60 bits per heavy atom. The molecule has 1 aliphatic rings. The van der Waals surface area contributed by atoms with E-state index in [2.05, 4.69) is 34.6 Å². The zero-order chi connectivity index (χ0) is 11.4. The maximum atomic E-state index is 2.49. The van der Waals surface area contributed by atoms with Crippen LogP contribution < -0.4 is 0 Å². The highest BCUT2D eigenvalue weighted by Gasteiger charge is 2.47. The van der Waals surface area contributed by atoms with E-state index in [4.69, 9.17) is 0 Å². The van der Waals surface area contributed by atoms with Crippen molar-refractivity contribution in [3.63, 3.8) is 0 Å². The summed E-state index contributed by atoms with van der Waals surface area (Å²) in [6.45, 7) is 12.0. The van der Waals surface area contributed by atoms with E-state index in [0.29, 0.717) is 0 Å². The van der Waals surface area contributed by atoms with Gasteiger partial charge in [-0.15, -0.1) is 0 Å². The van der Waals surface area contributed by atoms with Gasteiger partial charge in [0.25, 0.3) is 0 Å². The van der Waals surface area contributed by atoms with Crippen molar-refractivity contribution in [3.8, 4) is 0 Å². The normalized spacial score (nSPS) is 32.0. The predicted octanol–water partition coefficient (Wildman–Crippen LogP) is 5.13. The SMILES string of the molecule is CCC(CC)CCC(C)C1C(C)C1CC. The lowest BCUT2D eigenvalue weighted by Gasteiger charge is -2.16. The van der Waals surface area contributed by atoms with Crippen LogP contribution in [0.4, 0.5) is 0 Å². The molecule has 0 aromatic heterocycles. The molecule has 1 rings (SSSR count). The van der Waals surface area contributed by atoms with E-state index in [-0.39, 0.29) is 0 Å². The fraction of sp³-hybridized carbons (Fsp3) is 1.00. The van der Waals surface area contributed by atoms with Crippen molar-refractivity contribution in [2.75, 3.05) is 0 Å². The molecule has 0 bridgehead atoms. The molecular formula is C15H30. The van der Waals surface area contributed by atoms with Crippen molar-refractivity contribution in [1.82, 2.24) is 0 Å². The second-order valence-corrected chi connectivity index (χ2v) is 5.75. The molecule has 0 N–H and O–H groups in total. The van der Waals surface area contributed by atoms with E-state index in [9.17, 15) is 0 Å². The van der Waals surface area contributed by atoms with Gasteiger partial charge in [0.05, 0.1) is 0 Å². The molecule has 4 atom stereocenters. The van der Waals surface area contributed by atoms with Gasteiger partial charge in [-0.25, -0.2) is 0 Å². The molecule has 0 heterocycles. The van der Waals surface area contributed by atoms with Crippen LogP contribution in [0.2, 0.25) is 0 Å². The molecule has 0 spiro atoms. The smallest absolute Gasteiger partial charge is 0.0329 e. The summed E-state index contributed by atoms with van der Waals surface area (Å²) in [4.78, 5) is 0. The molecule has 4 unspecified atom stereocenters. The van der Waals surface area contributed by atoms with Gasteiger partial charge in [0.1, 0.15) is 0 Å². The molecule has 0 heteroatoms. The number of hydrogen-bond acceptors (Lipinski definition) is 0. The minimum Gasteiger partial charge on any atom is -0.0651 e. The number of rotatable bonds is 7. The summed E-state index contributed by atoms with van der Waals surface area (Å²) in [5.74, 6) is 5.10. The van der Waals surface area contributed by atoms with Gasteiger partial charge in [0.2, 0.25) is 0 Å². The van der Waals surface area contributed by atoms with Crippen LogP contribution in [0.15, 0.2) is 0 Å². The average molecular weight is 210 g/mol. The summed E-state index contributed by atoms with van der Waals surface area (Å²) in [5.41, 5.74) is 0. The van der Waals surface area contributed by atoms with E-state index in [1.54, 1.807) is 0 Å². The molecular weight excluding hydrogens is 180 g/mol. The first-order valence-electron chi connectivity index (χ1n) is 7.15. The Morgan fingerprint density at radius 3 is 2.00 bits per heavy atom. The van der Waals surface area contributed by atoms with Crippen molar-refractivity contribution in [1.29, 1.82) is 0 Å². The molecule has 0 aromatic rings. The summed E-state index contributed by atoms with van der Waals surface area (Å²) in [6.07, 6.45) is 7.09. The number of hydrogen-bond donors (Lipinski definition) is 0. The molecule has 0 nitrogen and oxygen atoms in total. The van der Waals surface area contributed by atoms with Crippen LogP contribution in [-0.2, 0) is 0 Å². The third-order valence-electron chi connectivity index (χ3n) is 4.95. The monoisotopic (exact) mass is 210 g/mol. The van der Waals surface area contributed by atoms with Gasteiger partial charge in [-0.2, -0.15) is 0 Å². The minimum absolute atomic E-state index is 0.977. The van der Waals surface area contributed by atoms with Crippen molar-refractivity contribution in [2.45, 2.75) is 66.7 Å². The molecule has 1 aliphatic carbocycles. The fourth-order valence-electron chi connectivity index (χ4n) is 3.55. The van der Waals surface area contributed by atoms with E-state index in [0.717, 1.165) is 29.6 Å². The molecule has 1 saturated carbocycles. The zero-order valence-electron chi connectivity index (χ0n) is 11.4. The molecule has 15 heavy (non-hydrogen) atoms. The first-order chi connectivity index (χ1) is 7.15. The van der Waals surface area contributed by atoms with Crippen LogP contribution >= 0.6 is 0 Å². The lowest BCUT2D eigenvalue weighted by molar-refractivity contribution is 0.353. The molecule has 0 amide bonds. The summed E-state index contributed by atoms with van der Waals surface area (Å²) >= 11 is 0. The Kier molecular flexibility index (Phi) is 5.15. The Labute approximate surface area is 96.8 Å². The third-order valence-corrected chi connectivity index (χ3v) is 4.95. The zero-order valence-corrected chi connectivity index (χ0v) is 11.4. The maximum Gasteiger partial charge on any atom is -0.0329 e. The standard InChI is InChI=1S/C15H30/c1-6-13(7-2)10-9-11(4)15-12(5)14(15)8-3/h11-15H,6-10H2,1-5H3. The molecule has 90 valence electrons. The molecule has 1 fully saturated rings. The highest BCUT2D eigenvalue weighted by Crippen LogP contribution is 2.53. The minimum atomic E-state index is 0.977. The third kappa shape index (κ3) is 3.23. The lowest BCUT2D eigenvalue weighted by atomic mass is 9.90. The predicted molar refractivity (Wildman–Crippen MR) is 68.9 cm³/mol. The van der Waals surface area contributed by atoms with Gasteiger partial charge in [0, 0.05) is 0 Å². The summed E-state index contributed by atoms with van der Waals surface area (Å²) < 4.78 is 0. The van der Waals surface area contributed by atoms with Crippen LogP contribution in [0.1, 0.15) is 66.7 Å². The largest absolute Gasteiger partial charge is 0.0651 e. The van der Waals surface area contributed by atoms with Crippen LogP contribution in [-0.4, -0.2) is 0 Å². The molecule has 0 saturated heterocycles. The molecule has 0 aliphatic heterocycles. The van der Waals surface area contributed by atoms with E-state index >= 15 is 0 Å². The van der Waals surface area contributed by atoms with Gasteiger partial charge < -0.3 is 0 Å². The van der Waals surface area contributed by atoms with Gasteiger partial charge in [-0.3, -0.25) is 0 Å². The van der Waals surface area contributed by atoms with Gasteiger partial charge in [-0.05, 0) is 29.6 Å². The van der Waals surface area contributed by atoms with Crippen molar-refractivity contribution < 1.29 is 0 Å². The Morgan fingerprint density at radius 1 is 1.00 bits per heavy atom. The second kappa shape index (κ2) is 5.92. The topological polar surface area (TPSA) is 0 Å². The Bertz CT molecular complexity index is 169. The fourth-order valence-corrected chi connectivity index (χ4v) is 3.55. The van der Waals surface area contributed by atoms with E-state index in [1.165, 1.54) is 32.1 Å². The summed E-state index contributed by atoms with van der Waals surface area (Å²) in [7, 11) is 0. The first-order valence-corrected chi connectivity index (χ1v) is 7.15. The lowest BCUT2D eigenvalue weighted by Crippen LogP contribution is -2.05. The first kappa shape index (κ1) is 13.1. The van der Waals surface area contributed by atoms with Crippen molar-refractivity contribution in [3.05, 3.63) is 0 Å². The van der Waals surface area contributed by atoms with Gasteiger partial charge >= 0.3 is 0 Å². The van der Waals surface area contributed by atoms with E-state index < -0.39 is 0 Å². The highest BCUT2D eigenvalue weighted by molar-refractivity contribution is 4.95. The quantitative estimate of drug-likeness (QED) is 0.546. The maximum absolute atomic E-state index is 2.49. The van der Waals surface area contributed by atoms with E-state index in [1.807, 2.05) is 0 Å². The van der Waals surface area contributed by atoms with Crippen LogP contribution in [0.25, 0.3) is 0 Å². The molecule has 0 aromatic carbocycles. The van der Waals surface area contributed by atoms with Crippen molar-refractivity contribution in [2.24, 2.45) is 29.6 Å². The Hall–Kier alpha value is 0. The van der Waals surface area contributed by atoms with Crippen LogP contribution in [0.5, 0.6) is 0 Å². The second-order valence-electron chi connectivity index (χ2n) is 5.75. The summed E-state index contributed by atoms with van der Waals surface area (Å²) in [5, 5.41) is 0.